The van der Waals surface area contributed by atoms with E-state index in [0.717, 1.165) is 19.3 Å². The third-order valence-electron chi connectivity index (χ3n) is 2.30. The molecule has 0 N–H and O–H groups in total. The summed E-state index contributed by atoms with van der Waals surface area (Å²) in [7, 11) is 0. The van der Waals surface area contributed by atoms with Crippen LogP contribution in [0.2, 0.25) is 0 Å². The number of hydrogen-bond acceptors (Lipinski definition) is 4. The van der Waals surface area contributed by atoms with Gasteiger partial charge in [-0.05, 0) is 6.42 Å². The third kappa shape index (κ3) is 3.12. The Morgan fingerprint density at radius 1 is 1.50 bits per heavy atom. The number of nitro groups is 1. The third-order valence-corrected chi connectivity index (χ3v) is 2.30. The maximum Gasteiger partial charge on any atom is 0.283 e. The first kappa shape index (κ1) is 12.3. The highest BCUT2D eigenvalue weighted by atomic mass is 16.6. The molecule has 0 amide bonds. The summed E-state index contributed by atoms with van der Waals surface area (Å²) < 4.78 is 0. The van der Waals surface area contributed by atoms with Gasteiger partial charge >= 0.3 is 0 Å². The van der Waals surface area contributed by atoms with Gasteiger partial charge in [-0.2, -0.15) is 0 Å². The predicted molar refractivity (Wildman–Crippen MR) is 59.4 cm³/mol. The Bertz CT molecular complexity index is 391. The molecule has 5 nitrogen and oxygen atoms in total. The van der Waals surface area contributed by atoms with E-state index in [1.54, 1.807) is 0 Å². The van der Waals surface area contributed by atoms with E-state index in [1.807, 2.05) is 6.92 Å². The summed E-state index contributed by atoms with van der Waals surface area (Å²) in [4.78, 5) is 25.6. The average Bonchev–Trinajstić information content (AvgIpc) is 2.29. The molecular weight excluding hydrogens is 208 g/mol. The summed E-state index contributed by atoms with van der Waals surface area (Å²) in [6.07, 6.45) is 5.68. The highest BCUT2D eigenvalue weighted by Gasteiger charge is 2.18. The molecule has 0 radical (unpaired) electrons. The van der Waals surface area contributed by atoms with E-state index < -0.39 is 4.92 Å². The molecule has 0 spiro atoms. The van der Waals surface area contributed by atoms with Gasteiger partial charge in [-0.1, -0.05) is 19.8 Å². The second kappa shape index (κ2) is 5.95. The monoisotopic (exact) mass is 222 g/mol. The molecule has 16 heavy (non-hydrogen) atoms. The Kier molecular flexibility index (Phi) is 4.57. The van der Waals surface area contributed by atoms with Crippen LogP contribution in [0.1, 0.15) is 43.0 Å². The molecule has 0 aromatic carbocycles. The lowest BCUT2D eigenvalue weighted by Gasteiger charge is -2.00. The molecule has 0 saturated carbocycles. The smallest absolute Gasteiger partial charge is 0.283 e. The zero-order valence-electron chi connectivity index (χ0n) is 9.18. The fourth-order valence-corrected chi connectivity index (χ4v) is 1.43. The number of pyridine rings is 1. The minimum Gasteiger partial charge on any atom is -0.294 e. The maximum atomic E-state index is 11.7. The standard InChI is InChI=1S/C11H14N2O3/c1-2-3-4-5-11(14)9-8-12-7-6-10(9)13(15)16/h6-8H,2-5H2,1H3. The van der Waals surface area contributed by atoms with E-state index in [4.69, 9.17) is 0 Å². The lowest BCUT2D eigenvalue weighted by molar-refractivity contribution is -0.385. The first-order valence-corrected chi connectivity index (χ1v) is 5.28. The summed E-state index contributed by atoms with van der Waals surface area (Å²) in [6.45, 7) is 2.04. The molecule has 5 heteroatoms. The normalized spacial score (nSPS) is 10.1. The van der Waals surface area contributed by atoms with E-state index in [1.165, 1.54) is 18.5 Å². The number of hydrogen-bond donors (Lipinski definition) is 0. The van der Waals surface area contributed by atoms with Crippen molar-refractivity contribution in [2.75, 3.05) is 0 Å². The van der Waals surface area contributed by atoms with E-state index in [-0.39, 0.29) is 17.0 Å². The number of rotatable bonds is 6. The second-order valence-electron chi connectivity index (χ2n) is 3.53. The zero-order valence-corrected chi connectivity index (χ0v) is 9.18. The van der Waals surface area contributed by atoms with Gasteiger partial charge in [-0.3, -0.25) is 19.9 Å². The molecule has 86 valence electrons. The fourth-order valence-electron chi connectivity index (χ4n) is 1.43. The van der Waals surface area contributed by atoms with Crippen LogP contribution in [0, 0.1) is 10.1 Å². The van der Waals surface area contributed by atoms with Crippen LogP contribution in [0.4, 0.5) is 5.69 Å². The number of ketones is 1. The molecule has 1 heterocycles. The molecule has 0 fully saturated rings. The van der Waals surface area contributed by atoms with E-state index in [2.05, 4.69) is 4.98 Å². The Balaban J connectivity index is 2.78. The van der Waals surface area contributed by atoms with Gasteiger partial charge in [0, 0.05) is 24.9 Å². The van der Waals surface area contributed by atoms with Gasteiger partial charge in [0.25, 0.3) is 5.69 Å². The van der Waals surface area contributed by atoms with Crippen molar-refractivity contribution in [1.29, 1.82) is 0 Å². The summed E-state index contributed by atoms with van der Waals surface area (Å²) in [5.74, 6) is -0.201. The van der Waals surface area contributed by atoms with Crippen molar-refractivity contribution in [3.05, 3.63) is 34.1 Å². The molecule has 0 aliphatic carbocycles. The second-order valence-corrected chi connectivity index (χ2v) is 3.53. The summed E-state index contributed by atoms with van der Waals surface area (Å²) in [5.41, 5.74) is -0.0416. The van der Waals surface area contributed by atoms with Crippen molar-refractivity contribution >= 4 is 11.5 Å². The number of Topliss-reactive ketones (excluding diaryl/α,β-unsaturated/α-hetero) is 1. The zero-order chi connectivity index (χ0) is 12.0. The Labute approximate surface area is 93.7 Å². The van der Waals surface area contributed by atoms with Gasteiger partial charge in [-0.25, -0.2) is 0 Å². The lowest BCUT2D eigenvalue weighted by atomic mass is 10.1. The highest BCUT2D eigenvalue weighted by Crippen LogP contribution is 2.19. The van der Waals surface area contributed by atoms with Gasteiger partial charge < -0.3 is 0 Å². The van der Waals surface area contributed by atoms with Crippen LogP contribution in [0.25, 0.3) is 0 Å². The number of aromatic nitrogens is 1. The van der Waals surface area contributed by atoms with Crippen LogP contribution >= 0.6 is 0 Å². The summed E-state index contributed by atoms with van der Waals surface area (Å²) in [6, 6.07) is 1.26. The number of carbonyl (C=O) groups is 1. The van der Waals surface area contributed by atoms with E-state index >= 15 is 0 Å². The van der Waals surface area contributed by atoms with Gasteiger partial charge in [-0.15, -0.1) is 0 Å². The predicted octanol–water partition coefficient (Wildman–Crippen LogP) is 2.75. The van der Waals surface area contributed by atoms with Gasteiger partial charge in [0.15, 0.2) is 5.78 Å². The molecule has 0 atom stereocenters. The molecule has 1 rings (SSSR count). The van der Waals surface area contributed by atoms with Crippen LogP contribution in [-0.4, -0.2) is 15.7 Å². The van der Waals surface area contributed by atoms with Crippen molar-refractivity contribution in [3.8, 4) is 0 Å². The SMILES string of the molecule is CCCCCC(=O)c1cnccc1[N+](=O)[O-]. The first-order valence-electron chi connectivity index (χ1n) is 5.28. The van der Waals surface area contributed by atoms with Crippen molar-refractivity contribution in [1.82, 2.24) is 4.98 Å². The van der Waals surface area contributed by atoms with Gasteiger partial charge in [0.2, 0.25) is 0 Å². The molecule has 0 aliphatic rings. The van der Waals surface area contributed by atoms with Crippen molar-refractivity contribution in [2.45, 2.75) is 32.6 Å². The van der Waals surface area contributed by atoms with Gasteiger partial charge in [0.1, 0.15) is 5.56 Å². The topological polar surface area (TPSA) is 73.1 Å². The van der Waals surface area contributed by atoms with Gasteiger partial charge in [0.05, 0.1) is 4.92 Å². The van der Waals surface area contributed by atoms with E-state index in [9.17, 15) is 14.9 Å². The largest absolute Gasteiger partial charge is 0.294 e. The van der Waals surface area contributed by atoms with Crippen LogP contribution in [0.3, 0.4) is 0 Å². The molecule has 0 bridgehead atoms. The minimum absolute atomic E-state index is 0.114. The Hall–Kier alpha value is -1.78. The Morgan fingerprint density at radius 3 is 2.88 bits per heavy atom. The molecule has 0 aliphatic heterocycles. The summed E-state index contributed by atoms with van der Waals surface area (Å²) >= 11 is 0. The molecule has 1 aromatic heterocycles. The van der Waals surface area contributed by atoms with Crippen molar-refractivity contribution in [2.24, 2.45) is 0 Å². The molecule has 0 saturated heterocycles. The van der Waals surface area contributed by atoms with Crippen LogP contribution in [0.15, 0.2) is 18.5 Å². The minimum atomic E-state index is -0.547. The first-order chi connectivity index (χ1) is 7.66. The molecular formula is C11H14N2O3. The van der Waals surface area contributed by atoms with Crippen molar-refractivity contribution in [3.63, 3.8) is 0 Å². The maximum absolute atomic E-state index is 11.7. The Morgan fingerprint density at radius 2 is 2.25 bits per heavy atom. The number of carbonyl (C=O) groups excluding carboxylic acids is 1. The van der Waals surface area contributed by atoms with Crippen molar-refractivity contribution < 1.29 is 9.72 Å². The molecule has 0 unspecified atom stereocenters. The summed E-state index contributed by atoms with van der Waals surface area (Å²) in [5, 5.41) is 10.7. The molecule has 1 aromatic rings. The quantitative estimate of drug-likeness (QED) is 0.321. The van der Waals surface area contributed by atoms with Crippen LogP contribution in [-0.2, 0) is 0 Å². The highest BCUT2D eigenvalue weighted by molar-refractivity contribution is 5.99. The van der Waals surface area contributed by atoms with Crippen LogP contribution < -0.4 is 0 Å². The number of nitrogens with zero attached hydrogens (tertiary/aromatic N) is 2. The fraction of sp³-hybridized carbons (Fsp3) is 0.455. The van der Waals surface area contributed by atoms with Crippen LogP contribution in [0.5, 0.6) is 0 Å². The lowest BCUT2D eigenvalue weighted by Crippen LogP contribution is -2.04. The number of unbranched alkanes of at least 4 members (excludes halogenated alkanes) is 2. The average molecular weight is 222 g/mol. The van der Waals surface area contributed by atoms with E-state index in [0.29, 0.717) is 6.42 Å².